The normalized spacial score (nSPS) is 15.7. The molecule has 1 atom stereocenters. The highest BCUT2D eigenvalue weighted by atomic mass is 19.4. The zero-order chi connectivity index (χ0) is 24.1. The number of furan rings is 1. The Kier molecular flexibility index (Phi) is 7.12. The molecule has 1 aliphatic rings. The Morgan fingerprint density at radius 1 is 1.06 bits per heavy atom. The Bertz CT molecular complexity index is 1080. The molecule has 34 heavy (non-hydrogen) atoms. The van der Waals surface area contributed by atoms with E-state index in [-0.39, 0.29) is 18.2 Å². The molecule has 0 aliphatic carbocycles. The number of alkyl halides is 3. The summed E-state index contributed by atoms with van der Waals surface area (Å²) in [5, 5.41) is 2.78. The smallest absolute Gasteiger partial charge is 0.416 e. The van der Waals surface area contributed by atoms with Crippen molar-refractivity contribution in [1.29, 1.82) is 0 Å². The van der Waals surface area contributed by atoms with E-state index in [0.717, 1.165) is 49.7 Å². The van der Waals surface area contributed by atoms with Gasteiger partial charge in [-0.3, -0.25) is 9.69 Å². The molecule has 0 saturated carbocycles. The van der Waals surface area contributed by atoms with Gasteiger partial charge in [-0.15, -0.1) is 0 Å². The van der Waals surface area contributed by atoms with Crippen LogP contribution >= 0.6 is 0 Å². The molecule has 1 fully saturated rings. The molecule has 1 saturated heterocycles. The maximum atomic E-state index is 13.0. The Balaban J connectivity index is 1.41. The first-order valence-electron chi connectivity index (χ1n) is 11.0. The number of methoxy groups -OCH3 is 1. The number of ether oxygens (including phenoxy) is 1. The fourth-order valence-corrected chi connectivity index (χ4v) is 4.10. The van der Waals surface area contributed by atoms with Crippen LogP contribution in [0, 0.1) is 0 Å². The molecule has 1 aromatic heterocycles. The molecule has 3 aromatic rings. The predicted octanol–water partition coefficient (Wildman–Crippen LogP) is 4.60. The Hall–Kier alpha value is -3.46. The van der Waals surface area contributed by atoms with Crippen molar-refractivity contribution in [2.45, 2.75) is 12.2 Å². The van der Waals surface area contributed by atoms with Crippen LogP contribution in [0.1, 0.15) is 27.7 Å². The molecule has 2 heterocycles. The summed E-state index contributed by atoms with van der Waals surface area (Å²) < 4.78 is 49.9. The van der Waals surface area contributed by atoms with E-state index < -0.39 is 17.6 Å². The summed E-state index contributed by atoms with van der Waals surface area (Å²) in [6.45, 7) is 3.25. The lowest BCUT2D eigenvalue weighted by atomic mass is 10.1. The number of nitrogens with zero attached hydrogens (tertiary/aromatic N) is 2. The number of halogens is 3. The molecule has 4 rings (SSSR count). The monoisotopic (exact) mass is 473 g/mol. The zero-order valence-electron chi connectivity index (χ0n) is 18.7. The van der Waals surface area contributed by atoms with Gasteiger partial charge in [0, 0.05) is 44.0 Å². The first-order chi connectivity index (χ1) is 16.3. The number of piperazine rings is 1. The summed E-state index contributed by atoms with van der Waals surface area (Å²) in [6.07, 6.45) is -2.93. The van der Waals surface area contributed by atoms with Crippen molar-refractivity contribution in [3.8, 4) is 5.75 Å². The first kappa shape index (κ1) is 23.7. The molecule has 180 valence electrons. The quantitative estimate of drug-likeness (QED) is 0.544. The topological polar surface area (TPSA) is 58.0 Å². The minimum Gasteiger partial charge on any atom is -0.497 e. The summed E-state index contributed by atoms with van der Waals surface area (Å²) >= 11 is 0. The first-order valence-corrected chi connectivity index (χ1v) is 11.0. The fourth-order valence-electron chi connectivity index (χ4n) is 4.10. The van der Waals surface area contributed by atoms with E-state index >= 15 is 0 Å². The van der Waals surface area contributed by atoms with Crippen LogP contribution in [0.15, 0.2) is 71.3 Å². The summed E-state index contributed by atoms with van der Waals surface area (Å²) in [7, 11) is 1.63. The van der Waals surface area contributed by atoms with Crippen molar-refractivity contribution >= 4 is 11.6 Å². The number of anilines is 1. The van der Waals surface area contributed by atoms with E-state index in [1.54, 1.807) is 19.4 Å². The third-order valence-electron chi connectivity index (χ3n) is 5.97. The zero-order valence-corrected chi connectivity index (χ0v) is 18.7. The van der Waals surface area contributed by atoms with Crippen molar-refractivity contribution in [1.82, 2.24) is 10.2 Å². The van der Waals surface area contributed by atoms with Gasteiger partial charge in [-0.05, 0) is 54.6 Å². The lowest BCUT2D eigenvalue weighted by Crippen LogP contribution is -2.49. The number of amides is 1. The van der Waals surface area contributed by atoms with Crippen molar-refractivity contribution in [3.05, 3.63) is 83.8 Å². The molecule has 0 spiro atoms. The van der Waals surface area contributed by atoms with E-state index in [1.807, 2.05) is 30.3 Å². The average Bonchev–Trinajstić information content (AvgIpc) is 3.39. The molecule has 6 nitrogen and oxygen atoms in total. The van der Waals surface area contributed by atoms with Gasteiger partial charge in [0.15, 0.2) is 0 Å². The highest BCUT2D eigenvalue weighted by molar-refractivity contribution is 5.94. The minimum atomic E-state index is -4.50. The fraction of sp³-hybridized carbons (Fsp3) is 0.320. The van der Waals surface area contributed by atoms with Crippen LogP contribution in [-0.4, -0.2) is 50.6 Å². The second-order valence-corrected chi connectivity index (χ2v) is 8.04. The van der Waals surface area contributed by atoms with E-state index in [9.17, 15) is 18.0 Å². The molecule has 1 aliphatic heterocycles. The van der Waals surface area contributed by atoms with Gasteiger partial charge in [0.25, 0.3) is 5.91 Å². The third-order valence-corrected chi connectivity index (χ3v) is 5.97. The third kappa shape index (κ3) is 5.53. The van der Waals surface area contributed by atoms with E-state index in [4.69, 9.17) is 9.15 Å². The summed E-state index contributed by atoms with van der Waals surface area (Å²) in [5.41, 5.74) is 0.225. The molecular weight excluding hydrogens is 447 g/mol. The van der Waals surface area contributed by atoms with Gasteiger partial charge in [-0.1, -0.05) is 6.07 Å². The summed E-state index contributed by atoms with van der Waals surface area (Å²) in [5.74, 6) is 0.943. The molecular formula is C25H26F3N3O3. The molecule has 1 unspecified atom stereocenters. The molecule has 0 radical (unpaired) electrons. The Morgan fingerprint density at radius 3 is 2.41 bits per heavy atom. The van der Waals surface area contributed by atoms with E-state index in [1.165, 1.54) is 12.1 Å². The van der Waals surface area contributed by atoms with Crippen LogP contribution in [0.2, 0.25) is 0 Å². The van der Waals surface area contributed by atoms with Gasteiger partial charge in [0.05, 0.1) is 25.0 Å². The number of rotatable bonds is 7. The second kappa shape index (κ2) is 10.2. The lowest BCUT2D eigenvalue weighted by Gasteiger charge is -2.39. The van der Waals surface area contributed by atoms with E-state index in [2.05, 4.69) is 15.1 Å². The molecule has 9 heteroatoms. The SMILES string of the molecule is COc1ccc(N2CCN(C(CNC(=O)c3cccc(C(F)(F)F)c3)c3ccco3)CC2)cc1. The van der Waals surface area contributed by atoms with Gasteiger partial charge in [-0.25, -0.2) is 0 Å². The van der Waals surface area contributed by atoms with Crippen LogP contribution in [0.3, 0.4) is 0 Å². The van der Waals surface area contributed by atoms with Gasteiger partial charge >= 0.3 is 6.18 Å². The summed E-state index contributed by atoms with van der Waals surface area (Å²) in [6, 6.07) is 15.7. The average molecular weight is 473 g/mol. The van der Waals surface area contributed by atoms with Crippen LogP contribution in [-0.2, 0) is 6.18 Å². The van der Waals surface area contributed by atoms with Crippen molar-refractivity contribution in [2.24, 2.45) is 0 Å². The van der Waals surface area contributed by atoms with Gasteiger partial charge in [0.1, 0.15) is 11.5 Å². The van der Waals surface area contributed by atoms with Crippen LogP contribution < -0.4 is 15.0 Å². The van der Waals surface area contributed by atoms with Gasteiger partial charge in [0.2, 0.25) is 0 Å². The molecule has 2 aromatic carbocycles. The second-order valence-electron chi connectivity index (χ2n) is 8.04. The number of hydrogen-bond donors (Lipinski definition) is 1. The van der Waals surface area contributed by atoms with Crippen molar-refractivity contribution < 1.29 is 27.1 Å². The minimum absolute atomic E-state index is 0.0302. The van der Waals surface area contributed by atoms with Crippen molar-refractivity contribution in [2.75, 3.05) is 44.7 Å². The molecule has 1 amide bonds. The number of carbonyl (C=O) groups is 1. The Morgan fingerprint density at radius 2 is 1.79 bits per heavy atom. The van der Waals surface area contributed by atoms with E-state index in [0.29, 0.717) is 5.76 Å². The number of hydrogen-bond acceptors (Lipinski definition) is 5. The van der Waals surface area contributed by atoms with Gasteiger partial charge < -0.3 is 19.4 Å². The number of benzene rings is 2. The molecule has 0 bridgehead atoms. The highest BCUT2D eigenvalue weighted by Crippen LogP contribution is 2.30. The maximum absolute atomic E-state index is 13.0. The van der Waals surface area contributed by atoms with Crippen LogP contribution in [0.25, 0.3) is 0 Å². The number of nitrogens with one attached hydrogen (secondary N) is 1. The van der Waals surface area contributed by atoms with Gasteiger partial charge in [-0.2, -0.15) is 13.2 Å². The largest absolute Gasteiger partial charge is 0.497 e. The lowest BCUT2D eigenvalue weighted by molar-refractivity contribution is -0.137. The Labute approximate surface area is 195 Å². The predicted molar refractivity (Wildman–Crippen MR) is 122 cm³/mol. The van der Waals surface area contributed by atoms with Crippen LogP contribution in [0.4, 0.5) is 18.9 Å². The highest BCUT2D eigenvalue weighted by Gasteiger charge is 2.31. The molecule has 1 N–H and O–H groups in total. The summed E-state index contributed by atoms with van der Waals surface area (Å²) in [4.78, 5) is 17.1. The van der Waals surface area contributed by atoms with Crippen LogP contribution in [0.5, 0.6) is 5.75 Å². The number of carbonyl (C=O) groups excluding carboxylic acids is 1. The maximum Gasteiger partial charge on any atom is 0.416 e. The van der Waals surface area contributed by atoms with Crippen molar-refractivity contribution in [3.63, 3.8) is 0 Å². The standard InChI is InChI=1S/C25H26F3N3O3/c1-33-21-9-7-20(8-10-21)30-11-13-31(14-12-30)22(23-6-3-15-34-23)17-29-24(32)18-4-2-5-19(16-18)25(26,27)28/h2-10,15-16,22H,11-14,17H2,1H3,(H,29,32).